The lowest BCUT2D eigenvalue weighted by Crippen LogP contribution is -2.23. The van der Waals surface area contributed by atoms with Crippen LogP contribution < -0.4 is 10.6 Å². The molecule has 0 bridgehead atoms. The molecule has 24 heavy (non-hydrogen) atoms. The normalized spacial score (nSPS) is 10.8. The molecule has 0 unspecified atom stereocenters. The van der Waals surface area contributed by atoms with Gasteiger partial charge in [0.05, 0.1) is 29.4 Å². The Balaban J connectivity index is 2.03. The zero-order valence-electron chi connectivity index (χ0n) is 12.1. The maximum Gasteiger partial charge on any atom is 0.418 e. The largest absolute Gasteiger partial charge is 0.418 e. The summed E-state index contributed by atoms with van der Waals surface area (Å²) in [7, 11) is 0. The summed E-state index contributed by atoms with van der Waals surface area (Å²) < 4.78 is 38.8. The molecular weight excluding hydrogens is 343 g/mol. The van der Waals surface area contributed by atoms with Crippen molar-refractivity contribution in [2.75, 3.05) is 17.2 Å². The predicted octanol–water partition coefficient (Wildman–Crippen LogP) is 4.28. The number of alkyl halides is 3. The summed E-state index contributed by atoms with van der Waals surface area (Å²) >= 11 is 5.58. The van der Waals surface area contributed by atoms with Crippen LogP contribution in [0.4, 0.5) is 24.5 Å². The Morgan fingerprint density at radius 3 is 2.42 bits per heavy atom. The lowest BCUT2D eigenvalue weighted by Gasteiger charge is -2.14. The lowest BCUT2D eigenvalue weighted by atomic mass is 10.1. The topological polar surface area (TPSA) is 64.9 Å². The van der Waals surface area contributed by atoms with Crippen LogP contribution in [0.2, 0.25) is 5.02 Å². The van der Waals surface area contributed by atoms with Gasteiger partial charge in [0.1, 0.15) is 0 Å². The summed E-state index contributed by atoms with van der Waals surface area (Å²) in [5.41, 5.74) is -0.350. The Labute approximate surface area is 140 Å². The third-order valence-electron chi connectivity index (χ3n) is 3.03. The van der Waals surface area contributed by atoms with Gasteiger partial charge in [-0.25, -0.2) is 0 Å². The van der Waals surface area contributed by atoms with Crippen molar-refractivity contribution < 1.29 is 18.0 Å². The van der Waals surface area contributed by atoms with Crippen LogP contribution in [0.3, 0.4) is 0 Å². The summed E-state index contributed by atoms with van der Waals surface area (Å²) in [4.78, 5) is 11.8. The molecule has 0 aliphatic rings. The van der Waals surface area contributed by atoms with Gasteiger partial charge in [0.15, 0.2) is 0 Å². The number of hydrogen-bond donors (Lipinski definition) is 2. The maximum absolute atomic E-state index is 12.9. The van der Waals surface area contributed by atoms with Crippen LogP contribution in [0.15, 0.2) is 42.5 Å². The van der Waals surface area contributed by atoms with Crippen LogP contribution in [-0.2, 0) is 11.0 Å². The van der Waals surface area contributed by atoms with Gasteiger partial charge in [-0.1, -0.05) is 11.6 Å². The molecule has 0 fully saturated rings. The molecule has 0 radical (unpaired) electrons. The second-order valence-corrected chi connectivity index (χ2v) is 5.21. The lowest BCUT2D eigenvalue weighted by molar-refractivity contribution is -0.137. The molecule has 0 spiro atoms. The van der Waals surface area contributed by atoms with Crippen molar-refractivity contribution in [2.24, 2.45) is 0 Å². The van der Waals surface area contributed by atoms with Gasteiger partial charge in [-0.05, 0) is 42.5 Å². The average molecular weight is 354 g/mol. The molecule has 2 aromatic rings. The number of carbonyl (C=O) groups excluding carboxylic acids is 1. The minimum absolute atomic E-state index is 0.0731. The molecule has 1 amide bonds. The standard InChI is InChI=1S/C16H11ClF3N3O/c17-11-3-6-14(13(7-11)16(18,19)20)23-15(24)9-22-12-4-1-10(8-21)2-5-12/h1-7,22H,9H2,(H,23,24). The van der Waals surface area contributed by atoms with E-state index in [1.54, 1.807) is 24.3 Å². The first kappa shape index (κ1) is 17.6. The van der Waals surface area contributed by atoms with Gasteiger partial charge in [-0.15, -0.1) is 0 Å². The fourth-order valence-electron chi connectivity index (χ4n) is 1.90. The van der Waals surface area contributed by atoms with Gasteiger partial charge in [-0.2, -0.15) is 18.4 Å². The first-order valence-corrected chi connectivity index (χ1v) is 7.08. The molecule has 0 aliphatic carbocycles. The molecular formula is C16H11ClF3N3O. The van der Waals surface area contributed by atoms with E-state index < -0.39 is 17.6 Å². The minimum Gasteiger partial charge on any atom is -0.376 e. The van der Waals surface area contributed by atoms with E-state index in [0.29, 0.717) is 11.3 Å². The molecule has 2 aromatic carbocycles. The molecule has 2 rings (SSSR count). The van der Waals surface area contributed by atoms with Crippen LogP contribution in [0.5, 0.6) is 0 Å². The van der Waals surface area contributed by atoms with E-state index in [1.807, 2.05) is 6.07 Å². The number of nitrogens with one attached hydrogen (secondary N) is 2. The second-order valence-electron chi connectivity index (χ2n) is 4.78. The minimum atomic E-state index is -4.63. The van der Waals surface area contributed by atoms with Crippen molar-refractivity contribution in [1.82, 2.24) is 0 Å². The van der Waals surface area contributed by atoms with Crippen LogP contribution in [0.1, 0.15) is 11.1 Å². The van der Waals surface area contributed by atoms with Crippen LogP contribution in [0, 0.1) is 11.3 Å². The number of nitrogens with zero attached hydrogens (tertiary/aromatic N) is 1. The first-order valence-electron chi connectivity index (χ1n) is 6.70. The number of anilines is 2. The van der Waals surface area contributed by atoms with E-state index in [-0.39, 0.29) is 17.3 Å². The SMILES string of the molecule is N#Cc1ccc(NCC(=O)Nc2ccc(Cl)cc2C(F)(F)F)cc1. The van der Waals surface area contributed by atoms with E-state index in [9.17, 15) is 18.0 Å². The zero-order chi connectivity index (χ0) is 17.7. The quantitative estimate of drug-likeness (QED) is 0.862. The highest BCUT2D eigenvalue weighted by Crippen LogP contribution is 2.36. The number of nitriles is 1. The maximum atomic E-state index is 12.9. The molecule has 0 aliphatic heterocycles. The molecule has 8 heteroatoms. The summed E-state index contributed by atoms with van der Waals surface area (Å²) in [5.74, 6) is -0.646. The number of halogens is 4. The summed E-state index contributed by atoms with van der Waals surface area (Å²) in [5, 5.41) is 13.6. The smallest absolute Gasteiger partial charge is 0.376 e. The van der Waals surface area contributed by atoms with Gasteiger partial charge in [-0.3, -0.25) is 4.79 Å². The molecule has 0 atom stereocenters. The van der Waals surface area contributed by atoms with Gasteiger partial charge in [0, 0.05) is 10.7 Å². The third kappa shape index (κ3) is 4.64. The van der Waals surface area contributed by atoms with E-state index in [0.717, 1.165) is 12.1 Å². The van der Waals surface area contributed by atoms with E-state index in [1.165, 1.54) is 6.07 Å². The van der Waals surface area contributed by atoms with Gasteiger partial charge in [0.2, 0.25) is 5.91 Å². The summed E-state index contributed by atoms with van der Waals surface area (Å²) in [6.45, 7) is -0.230. The summed E-state index contributed by atoms with van der Waals surface area (Å²) in [6, 6.07) is 11.4. The Morgan fingerprint density at radius 2 is 1.83 bits per heavy atom. The van der Waals surface area contributed by atoms with Gasteiger partial charge in [0.25, 0.3) is 0 Å². The van der Waals surface area contributed by atoms with E-state index in [2.05, 4.69) is 10.6 Å². The third-order valence-corrected chi connectivity index (χ3v) is 3.26. The molecule has 124 valence electrons. The predicted molar refractivity (Wildman–Crippen MR) is 84.7 cm³/mol. The number of rotatable bonds is 4. The Morgan fingerprint density at radius 1 is 1.17 bits per heavy atom. The van der Waals surface area contributed by atoms with E-state index in [4.69, 9.17) is 16.9 Å². The Hall–Kier alpha value is -2.72. The number of benzene rings is 2. The van der Waals surface area contributed by atoms with Crippen molar-refractivity contribution >= 4 is 28.9 Å². The zero-order valence-corrected chi connectivity index (χ0v) is 12.9. The van der Waals surface area contributed by atoms with Crippen molar-refractivity contribution in [1.29, 1.82) is 5.26 Å². The summed E-state index contributed by atoms with van der Waals surface area (Å²) in [6.07, 6.45) is -4.63. The number of hydrogen-bond acceptors (Lipinski definition) is 3. The first-order chi connectivity index (χ1) is 11.3. The fourth-order valence-corrected chi connectivity index (χ4v) is 2.07. The van der Waals surface area contributed by atoms with Crippen LogP contribution in [0.25, 0.3) is 0 Å². The van der Waals surface area contributed by atoms with Crippen molar-refractivity contribution in [3.05, 3.63) is 58.6 Å². The van der Waals surface area contributed by atoms with Gasteiger partial charge < -0.3 is 10.6 Å². The highest BCUT2D eigenvalue weighted by Gasteiger charge is 2.34. The highest BCUT2D eigenvalue weighted by molar-refractivity contribution is 6.30. The molecule has 0 saturated heterocycles. The highest BCUT2D eigenvalue weighted by atomic mass is 35.5. The van der Waals surface area contributed by atoms with E-state index >= 15 is 0 Å². The van der Waals surface area contributed by atoms with Crippen molar-refractivity contribution in [3.63, 3.8) is 0 Å². The Bertz CT molecular complexity index is 783. The monoisotopic (exact) mass is 353 g/mol. The molecule has 4 nitrogen and oxygen atoms in total. The average Bonchev–Trinajstić information content (AvgIpc) is 2.54. The van der Waals surface area contributed by atoms with Crippen molar-refractivity contribution in [2.45, 2.75) is 6.18 Å². The van der Waals surface area contributed by atoms with Crippen LogP contribution >= 0.6 is 11.6 Å². The second kappa shape index (κ2) is 7.23. The number of carbonyl (C=O) groups is 1. The molecule has 2 N–H and O–H groups in total. The molecule has 0 aromatic heterocycles. The fraction of sp³-hybridized carbons (Fsp3) is 0.125. The van der Waals surface area contributed by atoms with Crippen LogP contribution in [-0.4, -0.2) is 12.5 Å². The van der Waals surface area contributed by atoms with Gasteiger partial charge >= 0.3 is 6.18 Å². The molecule has 0 saturated carbocycles. The Kier molecular flexibility index (Phi) is 5.31. The molecule has 0 heterocycles. The van der Waals surface area contributed by atoms with Crippen molar-refractivity contribution in [3.8, 4) is 6.07 Å². The number of amides is 1.